The van der Waals surface area contributed by atoms with E-state index in [0.29, 0.717) is 12.5 Å². The van der Waals surface area contributed by atoms with E-state index in [-0.39, 0.29) is 5.91 Å². The number of anilines is 1. The van der Waals surface area contributed by atoms with Gasteiger partial charge in [0, 0.05) is 30.6 Å². The second-order valence-electron chi connectivity index (χ2n) is 7.25. The second-order valence-corrected chi connectivity index (χ2v) is 8.03. The summed E-state index contributed by atoms with van der Waals surface area (Å²) < 4.78 is 2.08. The second kappa shape index (κ2) is 8.32. The number of carbonyl (C=O) groups excluding carboxylic acids is 1. The summed E-state index contributed by atoms with van der Waals surface area (Å²) in [6.07, 6.45) is 4.16. The molecule has 1 amide bonds. The number of piperidine rings is 1. The minimum absolute atomic E-state index is 0.0276. The molecule has 1 aliphatic rings. The summed E-state index contributed by atoms with van der Waals surface area (Å²) in [4.78, 5) is 14.9. The van der Waals surface area contributed by atoms with Crippen molar-refractivity contribution in [1.29, 1.82) is 0 Å². The van der Waals surface area contributed by atoms with Gasteiger partial charge in [-0.05, 0) is 37.1 Å². The van der Waals surface area contributed by atoms with Crippen molar-refractivity contribution in [2.75, 3.05) is 31.2 Å². The first-order chi connectivity index (χ1) is 13.7. The van der Waals surface area contributed by atoms with Crippen LogP contribution in [-0.2, 0) is 11.8 Å². The lowest BCUT2D eigenvalue weighted by atomic mass is 9.97. The smallest absolute Gasteiger partial charge is 0.238 e. The van der Waals surface area contributed by atoms with Crippen molar-refractivity contribution in [1.82, 2.24) is 19.7 Å². The van der Waals surface area contributed by atoms with Gasteiger partial charge in [-0.25, -0.2) is 0 Å². The standard InChI is InChI=1S/C21H25N5OS/c1-25-20(23-24-21(25)28-2)16-9-6-12-26(13-16)14-19(27)22-18-11-5-8-15-7-3-4-10-17(15)18/h3-5,7-8,10-11,16H,6,9,12-14H2,1-2H3,(H,22,27)/t16-/m1/s1. The molecule has 0 bridgehead atoms. The van der Waals surface area contributed by atoms with Crippen LogP contribution in [0.1, 0.15) is 24.6 Å². The maximum Gasteiger partial charge on any atom is 0.238 e. The summed E-state index contributed by atoms with van der Waals surface area (Å²) in [7, 11) is 2.02. The Bertz CT molecular complexity index is 981. The molecule has 0 spiro atoms. The van der Waals surface area contributed by atoms with Gasteiger partial charge in [-0.3, -0.25) is 9.69 Å². The van der Waals surface area contributed by atoms with Gasteiger partial charge in [0.05, 0.1) is 6.54 Å². The average Bonchev–Trinajstić information content (AvgIpc) is 3.09. The maximum atomic E-state index is 12.7. The number of aromatic nitrogens is 3. The van der Waals surface area contributed by atoms with E-state index in [9.17, 15) is 4.79 Å². The molecule has 1 atom stereocenters. The topological polar surface area (TPSA) is 63.1 Å². The van der Waals surface area contributed by atoms with E-state index >= 15 is 0 Å². The summed E-state index contributed by atoms with van der Waals surface area (Å²) >= 11 is 1.61. The average molecular weight is 396 g/mol. The van der Waals surface area contributed by atoms with Gasteiger partial charge in [0.1, 0.15) is 5.82 Å². The highest BCUT2D eigenvalue weighted by atomic mass is 32.2. The molecule has 0 saturated carbocycles. The number of hydrogen-bond acceptors (Lipinski definition) is 5. The van der Waals surface area contributed by atoms with Gasteiger partial charge < -0.3 is 9.88 Å². The molecule has 1 aromatic heterocycles. The summed E-state index contributed by atoms with van der Waals surface area (Å²) in [5, 5.41) is 14.9. The first-order valence-electron chi connectivity index (χ1n) is 9.59. The third-order valence-corrected chi connectivity index (χ3v) is 6.07. The molecule has 0 radical (unpaired) electrons. The Hall–Kier alpha value is -2.38. The van der Waals surface area contributed by atoms with Crippen LogP contribution in [0.4, 0.5) is 5.69 Å². The lowest BCUT2D eigenvalue weighted by molar-refractivity contribution is -0.117. The molecule has 2 aromatic carbocycles. The first-order valence-corrected chi connectivity index (χ1v) is 10.8. The fraction of sp³-hybridized carbons (Fsp3) is 0.381. The Labute approximate surface area is 169 Å². The minimum Gasteiger partial charge on any atom is -0.324 e. The van der Waals surface area contributed by atoms with E-state index in [1.165, 1.54) is 0 Å². The Morgan fingerprint density at radius 2 is 2.04 bits per heavy atom. The molecule has 3 aromatic rings. The Balaban J connectivity index is 1.42. The number of amides is 1. The zero-order valence-corrected chi connectivity index (χ0v) is 17.1. The van der Waals surface area contributed by atoms with Crippen molar-refractivity contribution >= 4 is 34.1 Å². The zero-order valence-electron chi connectivity index (χ0n) is 16.3. The maximum absolute atomic E-state index is 12.7. The van der Waals surface area contributed by atoms with Crippen molar-refractivity contribution in [3.8, 4) is 0 Å². The van der Waals surface area contributed by atoms with Crippen LogP contribution in [0.2, 0.25) is 0 Å². The van der Waals surface area contributed by atoms with Crippen LogP contribution >= 0.6 is 11.8 Å². The number of likely N-dealkylation sites (tertiary alicyclic amines) is 1. The van der Waals surface area contributed by atoms with E-state index in [4.69, 9.17) is 0 Å². The number of fused-ring (bicyclic) bond motifs is 1. The Morgan fingerprint density at radius 3 is 2.86 bits per heavy atom. The number of hydrogen-bond donors (Lipinski definition) is 1. The predicted octanol–water partition coefficient (Wildman–Crippen LogP) is 3.51. The van der Waals surface area contributed by atoms with Crippen LogP contribution in [0, 0.1) is 0 Å². The predicted molar refractivity (Wildman–Crippen MR) is 114 cm³/mol. The lowest BCUT2D eigenvalue weighted by Gasteiger charge is -2.31. The zero-order chi connectivity index (χ0) is 19.5. The SMILES string of the molecule is CSc1nnc([C@@H]2CCCN(CC(=O)Nc3cccc4ccccc34)C2)n1C. The molecule has 0 unspecified atom stereocenters. The van der Waals surface area contributed by atoms with Gasteiger partial charge in [0.2, 0.25) is 5.91 Å². The first kappa shape index (κ1) is 19.0. The highest BCUT2D eigenvalue weighted by molar-refractivity contribution is 7.98. The van der Waals surface area contributed by atoms with E-state index in [1.54, 1.807) is 11.8 Å². The molecule has 1 fully saturated rings. The molecule has 1 aliphatic heterocycles. The van der Waals surface area contributed by atoms with E-state index in [2.05, 4.69) is 37.1 Å². The Morgan fingerprint density at radius 1 is 1.21 bits per heavy atom. The van der Waals surface area contributed by atoms with Gasteiger partial charge in [0.25, 0.3) is 0 Å². The molecule has 7 heteroatoms. The fourth-order valence-corrected chi connectivity index (χ4v) is 4.49. The summed E-state index contributed by atoms with van der Waals surface area (Å²) in [6.45, 7) is 2.17. The van der Waals surface area contributed by atoms with Crippen LogP contribution in [0.25, 0.3) is 10.8 Å². The van der Waals surface area contributed by atoms with Crippen LogP contribution in [-0.4, -0.2) is 51.5 Å². The van der Waals surface area contributed by atoms with E-state index < -0.39 is 0 Å². The van der Waals surface area contributed by atoms with Crippen molar-refractivity contribution in [3.63, 3.8) is 0 Å². The summed E-state index contributed by atoms with van der Waals surface area (Å²) in [5.41, 5.74) is 0.870. The van der Waals surface area contributed by atoms with Gasteiger partial charge in [-0.15, -0.1) is 10.2 Å². The normalized spacial score (nSPS) is 17.7. The molecule has 28 heavy (non-hydrogen) atoms. The quantitative estimate of drug-likeness (QED) is 0.670. The number of nitrogens with one attached hydrogen (secondary N) is 1. The molecule has 1 saturated heterocycles. The van der Waals surface area contributed by atoms with Crippen LogP contribution in [0.15, 0.2) is 47.6 Å². The van der Waals surface area contributed by atoms with E-state index in [1.807, 2.05) is 43.6 Å². The molecule has 146 valence electrons. The van der Waals surface area contributed by atoms with Crippen LogP contribution in [0.5, 0.6) is 0 Å². The molecule has 6 nitrogen and oxygen atoms in total. The molecular weight excluding hydrogens is 370 g/mol. The third kappa shape index (κ3) is 3.91. The number of benzene rings is 2. The highest BCUT2D eigenvalue weighted by Gasteiger charge is 2.27. The van der Waals surface area contributed by atoms with E-state index in [0.717, 1.165) is 53.4 Å². The van der Waals surface area contributed by atoms with Crippen molar-refractivity contribution in [2.24, 2.45) is 7.05 Å². The van der Waals surface area contributed by atoms with Gasteiger partial charge in [-0.2, -0.15) is 0 Å². The molecule has 2 heterocycles. The minimum atomic E-state index is 0.0276. The number of nitrogens with zero attached hydrogens (tertiary/aromatic N) is 4. The molecule has 1 N–H and O–H groups in total. The van der Waals surface area contributed by atoms with Crippen LogP contribution < -0.4 is 5.32 Å². The van der Waals surface area contributed by atoms with Crippen molar-refractivity contribution in [2.45, 2.75) is 23.9 Å². The van der Waals surface area contributed by atoms with Crippen LogP contribution in [0.3, 0.4) is 0 Å². The lowest BCUT2D eigenvalue weighted by Crippen LogP contribution is -2.40. The third-order valence-electron chi connectivity index (χ3n) is 5.35. The van der Waals surface area contributed by atoms with Gasteiger partial charge in [0.15, 0.2) is 5.16 Å². The molecule has 4 rings (SSSR count). The largest absolute Gasteiger partial charge is 0.324 e. The van der Waals surface area contributed by atoms with Gasteiger partial charge in [-0.1, -0.05) is 48.2 Å². The van der Waals surface area contributed by atoms with Gasteiger partial charge >= 0.3 is 0 Å². The van der Waals surface area contributed by atoms with Crippen molar-refractivity contribution < 1.29 is 4.79 Å². The fourth-order valence-electron chi connectivity index (χ4n) is 4.00. The summed E-state index contributed by atoms with van der Waals surface area (Å²) in [6, 6.07) is 14.1. The summed E-state index contributed by atoms with van der Waals surface area (Å²) in [5.74, 6) is 1.36. The highest BCUT2D eigenvalue weighted by Crippen LogP contribution is 2.27. The number of carbonyl (C=O) groups is 1. The Kier molecular flexibility index (Phi) is 5.64. The molecular formula is C21H25N5OS. The number of thioether (sulfide) groups is 1. The monoisotopic (exact) mass is 395 g/mol. The van der Waals surface area contributed by atoms with Crippen molar-refractivity contribution in [3.05, 3.63) is 48.3 Å². The molecule has 0 aliphatic carbocycles. The number of rotatable bonds is 5.